The second kappa shape index (κ2) is 7.76. The number of piperidine rings is 1. The summed E-state index contributed by atoms with van der Waals surface area (Å²) in [6.45, 7) is 8.67. The van der Waals surface area contributed by atoms with Crippen molar-refractivity contribution < 1.29 is 13.8 Å². The van der Waals surface area contributed by atoms with E-state index in [9.17, 15) is 13.8 Å². The highest BCUT2D eigenvalue weighted by molar-refractivity contribution is 7.86. The van der Waals surface area contributed by atoms with Crippen LogP contribution < -0.4 is 5.32 Å². The fraction of sp³-hybridized carbons (Fsp3) is 0.857. The van der Waals surface area contributed by atoms with Crippen molar-refractivity contribution in [3.8, 4) is 0 Å². The molecular formula is C14H26N2O3S. The van der Waals surface area contributed by atoms with Gasteiger partial charge in [-0.25, -0.2) is 0 Å². The van der Waals surface area contributed by atoms with Gasteiger partial charge in [0.25, 0.3) is 0 Å². The van der Waals surface area contributed by atoms with Crippen LogP contribution in [0.5, 0.6) is 0 Å². The zero-order valence-electron chi connectivity index (χ0n) is 12.8. The van der Waals surface area contributed by atoms with Gasteiger partial charge in [0.2, 0.25) is 11.8 Å². The van der Waals surface area contributed by atoms with Crippen molar-refractivity contribution in [2.24, 2.45) is 5.92 Å². The quantitative estimate of drug-likeness (QED) is 0.821. The highest BCUT2D eigenvalue weighted by Crippen LogP contribution is 2.13. The van der Waals surface area contributed by atoms with Gasteiger partial charge >= 0.3 is 0 Å². The van der Waals surface area contributed by atoms with Gasteiger partial charge in [0, 0.05) is 42.1 Å². The lowest BCUT2D eigenvalue weighted by Crippen LogP contribution is -2.50. The summed E-state index contributed by atoms with van der Waals surface area (Å²) >= 11 is 0. The van der Waals surface area contributed by atoms with Crippen molar-refractivity contribution in [1.29, 1.82) is 0 Å². The summed E-state index contributed by atoms with van der Waals surface area (Å²) in [6.07, 6.45) is 1.78. The van der Waals surface area contributed by atoms with Crippen molar-refractivity contribution in [2.45, 2.75) is 51.8 Å². The number of nitrogens with one attached hydrogen (secondary N) is 1. The molecule has 1 rings (SSSR count). The van der Waals surface area contributed by atoms with Crippen molar-refractivity contribution in [3.05, 3.63) is 0 Å². The summed E-state index contributed by atoms with van der Waals surface area (Å²) in [5, 5.41) is 2.88. The molecule has 0 aromatic rings. The molecule has 116 valence electrons. The van der Waals surface area contributed by atoms with Gasteiger partial charge in [0.05, 0.1) is 0 Å². The van der Waals surface area contributed by atoms with Crippen LogP contribution in [0.3, 0.4) is 0 Å². The SMILES string of the molecule is CC(=O)N[C@@H]1CCCN(C(=O)C[S@@](=O)[C@@H](C)C(C)C)C1. The molecule has 1 fully saturated rings. The first-order chi connectivity index (χ1) is 9.31. The molecule has 6 heteroatoms. The molecule has 1 N–H and O–H groups in total. The van der Waals surface area contributed by atoms with Gasteiger partial charge in [-0.2, -0.15) is 0 Å². The highest BCUT2D eigenvalue weighted by atomic mass is 32.2. The fourth-order valence-corrected chi connectivity index (χ4v) is 3.55. The standard InChI is InChI=1S/C14H26N2O3S/c1-10(2)11(3)20(19)9-14(18)16-7-5-6-13(8-16)15-12(4)17/h10-11,13H,5-9H2,1-4H3,(H,15,17)/t11-,13+,20+/m0/s1. The van der Waals surface area contributed by atoms with E-state index in [4.69, 9.17) is 0 Å². The number of hydrogen-bond acceptors (Lipinski definition) is 3. The first-order valence-electron chi connectivity index (χ1n) is 7.23. The summed E-state index contributed by atoms with van der Waals surface area (Å²) in [6, 6.07) is 0.0288. The van der Waals surface area contributed by atoms with E-state index in [1.54, 1.807) is 4.90 Å². The molecule has 3 atom stereocenters. The van der Waals surface area contributed by atoms with Gasteiger partial charge in [-0.15, -0.1) is 0 Å². The lowest BCUT2D eigenvalue weighted by atomic mass is 10.1. The number of rotatable bonds is 5. The summed E-state index contributed by atoms with van der Waals surface area (Å²) < 4.78 is 12.1. The smallest absolute Gasteiger partial charge is 0.235 e. The van der Waals surface area contributed by atoms with Crippen LogP contribution in [0.1, 0.15) is 40.5 Å². The van der Waals surface area contributed by atoms with E-state index in [-0.39, 0.29) is 28.9 Å². The average Bonchev–Trinajstić information content (AvgIpc) is 2.37. The molecule has 1 aliphatic rings. The Bertz CT molecular complexity index is 385. The number of hydrogen-bond donors (Lipinski definition) is 1. The molecular weight excluding hydrogens is 276 g/mol. The zero-order chi connectivity index (χ0) is 15.3. The van der Waals surface area contributed by atoms with Gasteiger partial charge in [-0.3, -0.25) is 13.8 Å². The molecule has 1 saturated heterocycles. The maximum absolute atomic E-state index is 12.2. The largest absolute Gasteiger partial charge is 0.352 e. The molecule has 1 aliphatic heterocycles. The Hall–Kier alpha value is -0.910. The van der Waals surface area contributed by atoms with E-state index in [2.05, 4.69) is 5.32 Å². The molecule has 0 bridgehead atoms. The zero-order valence-corrected chi connectivity index (χ0v) is 13.7. The van der Waals surface area contributed by atoms with Crippen molar-refractivity contribution in [1.82, 2.24) is 10.2 Å². The van der Waals surface area contributed by atoms with Crippen molar-refractivity contribution in [3.63, 3.8) is 0 Å². The topological polar surface area (TPSA) is 66.5 Å². The first-order valence-corrected chi connectivity index (χ1v) is 8.61. The van der Waals surface area contributed by atoms with Crippen molar-refractivity contribution in [2.75, 3.05) is 18.8 Å². The van der Waals surface area contributed by atoms with Crippen LogP contribution in [0.4, 0.5) is 0 Å². The molecule has 2 amide bonds. The van der Waals surface area contributed by atoms with Crippen LogP contribution in [0.25, 0.3) is 0 Å². The molecule has 0 radical (unpaired) electrons. The molecule has 0 aromatic carbocycles. The highest BCUT2D eigenvalue weighted by Gasteiger charge is 2.26. The Kier molecular flexibility index (Phi) is 6.65. The summed E-state index contributed by atoms with van der Waals surface area (Å²) in [7, 11) is -1.13. The number of amides is 2. The number of carbonyl (C=O) groups is 2. The van der Waals surface area contributed by atoms with Gasteiger partial charge in [0.1, 0.15) is 5.75 Å². The maximum atomic E-state index is 12.2. The van der Waals surface area contributed by atoms with Crippen LogP contribution in [-0.2, 0) is 20.4 Å². The van der Waals surface area contributed by atoms with E-state index in [0.29, 0.717) is 19.0 Å². The van der Waals surface area contributed by atoms with E-state index >= 15 is 0 Å². The van der Waals surface area contributed by atoms with Crippen LogP contribution in [0.2, 0.25) is 0 Å². The third-order valence-electron chi connectivity index (χ3n) is 3.80. The first kappa shape index (κ1) is 17.1. The molecule has 5 nitrogen and oxygen atoms in total. The maximum Gasteiger partial charge on any atom is 0.235 e. The number of carbonyl (C=O) groups excluding carboxylic acids is 2. The minimum absolute atomic E-state index is 0.0230. The van der Waals surface area contributed by atoms with Gasteiger partial charge in [-0.05, 0) is 18.8 Å². The van der Waals surface area contributed by atoms with E-state index < -0.39 is 10.8 Å². The minimum Gasteiger partial charge on any atom is -0.352 e. The Morgan fingerprint density at radius 2 is 2.00 bits per heavy atom. The van der Waals surface area contributed by atoms with Crippen molar-refractivity contribution >= 4 is 22.6 Å². The number of likely N-dealkylation sites (tertiary alicyclic amines) is 1. The molecule has 0 unspecified atom stereocenters. The second-order valence-electron chi connectivity index (χ2n) is 5.85. The van der Waals surface area contributed by atoms with E-state index in [1.165, 1.54) is 6.92 Å². The monoisotopic (exact) mass is 302 g/mol. The summed E-state index contributed by atoms with van der Waals surface area (Å²) in [5.41, 5.74) is 0. The molecule has 1 heterocycles. The van der Waals surface area contributed by atoms with Crippen LogP contribution in [-0.4, -0.2) is 51.1 Å². The van der Waals surface area contributed by atoms with Gasteiger partial charge < -0.3 is 10.2 Å². The normalized spacial score (nSPS) is 22.4. The lowest BCUT2D eigenvalue weighted by molar-refractivity contribution is -0.130. The average molecular weight is 302 g/mol. The predicted octanol–water partition coefficient (Wildman–Crippen LogP) is 0.907. The Balaban J connectivity index is 2.50. The van der Waals surface area contributed by atoms with E-state index in [0.717, 1.165) is 12.8 Å². The fourth-order valence-electron chi connectivity index (χ4n) is 2.26. The third-order valence-corrected chi connectivity index (χ3v) is 5.71. The van der Waals surface area contributed by atoms with Crippen LogP contribution in [0.15, 0.2) is 0 Å². The molecule has 20 heavy (non-hydrogen) atoms. The van der Waals surface area contributed by atoms with Crippen LogP contribution in [0, 0.1) is 5.92 Å². The molecule has 0 saturated carbocycles. The van der Waals surface area contributed by atoms with Crippen LogP contribution >= 0.6 is 0 Å². The molecule has 0 aromatic heterocycles. The summed E-state index contributed by atoms with van der Waals surface area (Å²) in [5.74, 6) is 0.260. The third kappa shape index (κ3) is 5.23. The van der Waals surface area contributed by atoms with Gasteiger partial charge in [-0.1, -0.05) is 20.8 Å². The molecule has 0 spiro atoms. The molecule has 0 aliphatic carbocycles. The summed E-state index contributed by atoms with van der Waals surface area (Å²) in [4.78, 5) is 25.0. The Labute approximate surface area is 123 Å². The second-order valence-corrected chi connectivity index (χ2v) is 7.65. The predicted molar refractivity (Wildman–Crippen MR) is 80.7 cm³/mol. The lowest BCUT2D eigenvalue weighted by Gasteiger charge is -2.33. The number of nitrogens with zero attached hydrogens (tertiary/aromatic N) is 1. The van der Waals surface area contributed by atoms with Gasteiger partial charge in [0.15, 0.2) is 0 Å². The Morgan fingerprint density at radius 1 is 1.35 bits per heavy atom. The minimum atomic E-state index is -1.13. The Morgan fingerprint density at radius 3 is 2.55 bits per heavy atom. The van der Waals surface area contributed by atoms with E-state index in [1.807, 2.05) is 20.8 Å².